The van der Waals surface area contributed by atoms with Crippen LogP contribution in [-0.2, 0) is 16.6 Å². The molecule has 0 radical (unpaired) electrons. The number of hydrogen-bond donors (Lipinski definition) is 0. The van der Waals surface area contributed by atoms with Gasteiger partial charge in [0.05, 0.1) is 5.75 Å². The zero-order valence-corrected chi connectivity index (χ0v) is 9.16. The molecule has 0 aliphatic heterocycles. The lowest BCUT2D eigenvalue weighted by atomic mass is 10.1. The van der Waals surface area contributed by atoms with Gasteiger partial charge in [0.1, 0.15) is 11.5 Å². The molecule has 0 saturated heterocycles. The average Bonchev–Trinajstić information content (AvgIpc) is 2.67. The van der Waals surface area contributed by atoms with Crippen molar-refractivity contribution in [3.63, 3.8) is 0 Å². The van der Waals surface area contributed by atoms with E-state index in [9.17, 15) is 4.21 Å². The van der Waals surface area contributed by atoms with Gasteiger partial charge in [-0.15, -0.1) is 0 Å². The summed E-state index contributed by atoms with van der Waals surface area (Å²) in [5.41, 5.74) is 1.80. The van der Waals surface area contributed by atoms with Crippen LogP contribution in [0.1, 0.15) is 5.76 Å². The first-order chi connectivity index (χ1) is 7.25. The molecule has 1 aromatic heterocycles. The summed E-state index contributed by atoms with van der Waals surface area (Å²) in [6.45, 7) is 0. The Morgan fingerprint density at radius 1 is 1.33 bits per heavy atom. The molecule has 1 aromatic carbocycles. The van der Waals surface area contributed by atoms with Crippen LogP contribution in [-0.4, -0.2) is 15.6 Å². The maximum absolute atomic E-state index is 11.0. The van der Waals surface area contributed by atoms with Gasteiger partial charge in [-0.2, -0.15) is 0 Å². The quantitative estimate of drug-likeness (QED) is 0.798. The van der Waals surface area contributed by atoms with Crippen molar-refractivity contribution in [3.8, 4) is 11.3 Å². The zero-order chi connectivity index (χ0) is 10.7. The normalized spacial score (nSPS) is 12.6. The predicted molar refractivity (Wildman–Crippen MR) is 59.7 cm³/mol. The molecular formula is C11H11NO2S. The van der Waals surface area contributed by atoms with E-state index in [1.54, 1.807) is 6.26 Å². The molecule has 2 rings (SSSR count). The van der Waals surface area contributed by atoms with Gasteiger partial charge < -0.3 is 4.52 Å². The molecule has 0 bridgehead atoms. The van der Waals surface area contributed by atoms with Crippen LogP contribution in [0.25, 0.3) is 11.3 Å². The minimum absolute atomic E-state index is 0.417. The molecular weight excluding hydrogens is 210 g/mol. The summed E-state index contributed by atoms with van der Waals surface area (Å²) in [6, 6.07) is 11.6. The fourth-order valence-electron chi connectivity index (χ4n) is 1.33. The highest BCUT2D eigenvalue weighted by molar-refractivity contribution is 7.83. The molecule has 1 heterocycles. The lowest BCUT2D eigenvalue weighted by Crippen LogP contribution is -1.88. The molecule has 1 atom stereocenters. The summed E-state index contributed by atoms with van der Waals surface area (Å²) in [7, 11) is -0.893. The van der Waals surface area contributed by atoms with Crippen molar-refractivity contribution in [2.75, 3.05) is 6.26 Å². The highest BCUT2D eigenvalue weighted by atomic mass is 32.2. The van der Waals surface area contributed by atoms with Gasteiger partial charge in [0.2, 0.25) is 0 Å². The SMILES string of the molecule is C[S@](=O)Cc1cc(-c2ccccc2)no1. The van der Waals surface area contributed by atoms with Crippen molar-refractivity contribution >= 4 is 10.8 Å². The Morgan fingerprint density at radius 2 is 2.07 bits per heavy atom. The van der Waals surface area contributed by atoms with Crippen LogP contribution in [0.3, 0.4) is 0 Å². The Kier molecular flexibility index (Phi) is 2.97. The van der Waals surface area contributed by atoms with Crippen LogP contribution in [0.5, 0.6) is 0 Å². The van der Waals surface area contributed by atoms with Crippen molar-refractivity contribution < 1.29 is 8.73 Å². The molecule has 15 heavy (non-hydrogen) atoms. The maximum Gasteiger partial charge on any atom is 0.149 e. The van der Waals surface area contributed by atoms with Crippen LogP contribution in [0.2, 0.25) is 0 Å². The number of benzene rings is 1. The van der Waals surface area contributed by atoms with E-state index >= 15 is 0 Å². The second kappa shape index (κ2) is 4.40. The summed E-state index contributed by atoms with van der Waals surface area (Å²) in [5.74, 6) is 1.08. The number of nitrogens with zero attached hydrogens (tertiary/aromatic N) is 1. The minimum atomic E-state index is -0.893. The molecule has 4 heteroatoms. The molecule has 0 fully saturated rings. The van der Waals surface area contributed by atoms with E-state index in [0.29, 0.717) is 11.5 Å². The third-order valence-corrected chi connectivity index (χ3v) is 2.67. The zero-order valence-electron chi connectivity index (χ0n) is 8.34. The smallest absolute Gasteiger partial charge is 0.149 e. The Hall–Kier alpha value is -1.42. The Balaban J connectivity index is 2.24. The fraction of sp³-hybridized carbons (Fsp3) is 0.182. The molecule has 0 unspecified atom stereocenters. The van der Waals surface area contributed by atoms with E-state index in [-0.39, 0.29) is 0 Å². The standard InChI is InChI=1S/C11H11NO2S/c1-15(13)8-10-7-11(12-14-10)9-5-3-2-4-6-9/h2-7H,8H2,1H3/t15-/m0/s1. The molecule has 0 saturated carbocycles. The maximum atomic E-state index is 11.0. The lowest BCUT2D eigenvalue weighted by Gasteiger charge is -1.91. The van der Waals surface area contributed by atoms with Crippen LogP contribution in [0.15, 0.2) is 40.9 Å². The molecule has 0 aliphatic carbocycles. The number of rotatable bonds is 3. The lowest BCUT2D eigenvalue weighted by molar-refractivity contribution is 0.396. The van der Waals surface area contributed by atoms with Crippen molar-refractivity contribution in [1.29, 1.82) is 0 Å². The van der Waals surface area contributed by atoms with Crippen LogP contribution < -0.4 is 0 Å². The molecule has 0 spiro atoms. The third kappa shape index (κ3) is 2.53. The van der Waals surface area contributed by atoms with Gasteiger partial charge in [-0.1, -0.05) is 35.5 Å². The topological polar surface area (TPSA) is 43.1 Å². The number of hydrogen-bond acceptors (Lipinski definition) is 3. The fourth-order valence-corrected chi connectivity index (χ4v) is 1.86. The molecule has 3 nitrogen and oxygen atoms in total. The van der Waals surface area contributed by atoms with E-state index in [0.717, 1.165) is 11.3 Å². The Labute approximate surface area is 90.6 Å². The Bertz CT molecular complexity index is 464. The summed E-state index contributed by atoms with van der Waals surface area (Å²) in [5, 5.41) is 3.93. The highest BCUT2D eigenvalue weighted by Gasteiger charge is 2.06. The van der Waals surface area contributed by atoms with E-state index in [1.807, 2.05) is 36.4 Å². The second-order valence-corrected chi connectivity index (χ2v) is 4.70. The molecule has 2 aromatic rings. The van der Waals surface area contributed by atoms with E-state index in [4.69, 9.17) is 4.52 Å². The van der Waals surface area contributed by atoms with Gasteiger partial charge in [0.15, 0.2) is 0 Å². The van der Waals surface area contributed by atoms with Gasteiger partial charge in [-0.3, -0.25) is 4.21 Å². The van der Waals surface area contributed by atoms with Gasteiger partial charge >= 0.3 is 0 Å². The summed E-state index contributed by atoms with van der Waals surface area (Å²) in [4.78, 5) is 0. The van der Waals surface area contributed by atoms with E-state index < -0.39 is 10.8 Å². The largest absolute Gasteiger partial charge is 0.360 e. The van der Waals surface area contributed by atoms with E-state index in [1.165, 1.54) is 0 Å². The predicted octanol–water partition coefficient (Wildman–Crippen LogP) is 2.22. The first-order valence-corrected chi connectivity index (χ1v) is 6.29. The first kappa shape index (κ1) is 10.1. The van der Waals surface area contributed by atoms with Crippen molar-refractivity contribution in [3.05, 3.63) is 42.2 Å². The van der Waals surface area contributed by atoms with Gasteiger partial charge in [-0.25, -0.2) is 0 Å². The van der Waals surface area contributed by atoms with Crippen LogP contribution >= 0.6 is 0 Å². The van der Waals surface area contributed by atoms with Gasteiger partial charge in [-0.05, 0) is 0 Å². The molecule has 0 N–H and O–H groups in total. The monoisotopic (exact) mass is 221 g/mol. The minimum Gasteiger partial charge on any atom is -0.360 e. The van der Waals surface area contributed by atoms with Crippen molar-refractivity contribution in [1.82, 2.24) is 5.16 Å². The Morgan fingerprint density at radius 3 is 2.73 bits per heavy atom. The molecule has 78 valence electrons. The summed E-state index contributed by atoms with van der Waals surface area (Å²) >= 11 is 0. The summed E-state index contributed by atoms with van der Waals surface area (Å²) < 4.78 is 16.1. The first-order valence-electron chi connectivity index (χ1n) is 4.57. The van der Waals surface area contributed by atoms with Gasteiger partial charge in [0.25, 0.3) is 0 Å². The molecule has 0 aliphatic rings. The number of aromatic nitrogens is 1. The molecule has 0 amide bonds. The highest BCUT2D eigenvalue weighted by Crippen LogP contribution is 2.18. The summed E-state index contributed by atoms with van der Waals surface area (Å²) in [6.07, 6.45) is 1.64. The third-order valence-electron chi connectivity index (χ3n) is 1.97. The van der Waals surface area contributed by atoms with E-state index in [2.05, 4.69) is 5.16 Å². The van der Waals surface area contributed by atoms with Crippen LogP contribution in [0, 0.1) is 0 Å². The van der Waals surface area contributed by atoms with Gasteiger partial charge in [0, 0.05) is 28.7 Å². The van der Waals surface area contributed by atoms with Crippen LogP contribution in [0.4, 0.5) is 0 Å². The second-order valence-electron chi connectivity index (χ2n) is 3.26. The average molecular weight is 221 g/mol. The van der Waals surface area contributed by atoms with Crippen molar-refractivity contribution in [2.45, 2.75) is 5.75 Å². The van der Waals surface area contributed by atoms with Crippen molar-refractivity contribution in [2.24, 2.45) is 0 Å².